The van der Waals surface area contributed by atoms with E-state index in [0.717, 1.165) is 51.9 Å². The first kappa shape index (κ1) is 30.7. The highest BCUT2D eigenvalue weighted by Crippen LogP contribution is 2.36. The molecule has 0 saturated carbocycles. The third-order valence-corrected chi connectivity index (χ3v) is 8.99. The molecule has 1 amide bonds. The number of nitrogens with zero attached hydrogens (tertiary/aromatic N) is 5. The molecule has 0 unspecified atom stereocenters. The number of tetrazole rings is 1. The Hall–Kier alpha value is -5.31. The molecule has 9 nitrogen and oxygen atoms in total. The summed E-state index contributed by atoms with van der Waals surface area (Å²) in [5.41, 5.74) is 5.56. The van der Waals surface area contributed by atoms with E-state index in [1.807, 2.05) is 91.9 Å². The Labute approximate surface area is 268 Å². The zero-order chi connectivity index (χ0) is 31.9. The maximum Gasteiger partial charge on any atom is 0.329 e. The lowest BCUT2D eigenvalue weighted by Gasteiger charge is -2.46. The highest BCUT2D eigenvalue weighted by atomic mass is 16.4. The number of carbonyl (C=O) groups excluding carboxylic acids is 1. The number of benzene rings is 4. The lowest BCUT2D eigenvalue weighted by molar-refractivity contribution is -0.162. The molecular weight excluding hydrogens is 576 g/mol. The van der Waals surface area contributed by atoms with Crippen LogP contribution in [-0.2, 0) is 16.1 Å². The zero-order valence-electron chi connectivity index (χ0n) is 26.0. The number of carboxylic acids is 1. The predicted octanol–water partition coefficient (Wildman–Crippen LogP) is 6.84. The van der Waals surface area contributed by atoms with Crippen molar-refractivity contribution in [2.45, 2.75) is 51.1 Å². The van der Waals surface area contributed by atoms with Crippen molar-refractivity contribution in [3.05, 3.63) is 109 Å². The summed E-state index contributed by atoms with van der Waals surface area (Å²) in [5.74, 6) is -0.558. The van der Waals surface area contributed by atoms with Gasteiger partial charge in [-0.15, -0.1) is 10.2 Å². The number of aliphatic carboxylic acids is 1. The predicted molar refractivity (Wildman–Crippen MR) is 179 cm³/mol. The molecule has 46 heavy (non-hydrogen) atoms. The van der Waals surface area contributed by atoms with Crippen molar-refractivity contribution in [1.29, 1.82) is 0 Å². The van der Waals surface area contributed by atoms with Gasteiger partial charge in [-0.25, -0.2) is 4.79 Å². The standard InChI is InChI=1S/C37H38N6O3/c1-2-3-14-34(44)43(37(36(45)46)21-23-42(24-22-37)31-12-8-5-9-13-31)26-27-15-17-29(18-16-27)33-25-30(28-10-6-4-7-11-28)19-20-32(33)35-38-40-41-39-35/h4-13,15-20,25H,2-3,14,21-24,26H2,1H3,(H,45,46)(H,38,39,40,41). The van der Waals surface area contributed by atoms with E-state index in [2.05, 4.69) is 43.7 Å². The van der Waals surface area contributed by atoms with Crippen molar-refractivity contribution < 1.29 is 14.7 Å². The van der Waals surface area contributed by atoms with Gasteiger partial charge in [0.15, 0.2) is 0 Å². The van der Waals surface area contributed by atoms with Gasteiger partial charge in [0.2, 0.25) is 11.7 Å². The second-order valence-corrected chi connectivity index (χ2v) is 11.8. The maximum absolute atomic E-state index is 13.7. The summed E-state index contributed by atoms with van der Waals surface area (Å²) in [4.78, 5) is 30.6. The van der Waals surface area contributed by atoms with Crippen LogP contribution in [0.25, 0.3) is 33.6 Å². The summed E-state index contributed by atoms with van der Waals surface area (Å²) >= 11 is 0. The van der Waals surface area contributed by atoms with Gasteiger partial charge in [-0.3, -0.25) is 4.79 Å². The molecule has 0 atom stereocenters. The average molecular weight is 615 g/mol. The topological polar surface area (TPSA) is 115 Å². The number of carboxylic acid groups (broad SMARTS) is 1. The largest absolute Gasteiger partial charge is 0.479 e. The molecule has 1 saturated heterocycles. The zero-order valence-corrected chi connectivity index (χ0v) is 26.0. The molecule has 1 aromatic heterocycles. The smallest absolute Gasteiger partial charge is 0.329 e. The van der Waals surface area contributed by atoms with Gasteiger partial charge < -0.3 is 14.9 Å². The van der Waals surface area contributed by atoms with Crippen molar-refractivity contribution in [1.82, 2.24) is 25.5 Å². The van der Waals surface area contributed by atoms with Crippen molar-refractivity contribution in [3.63, 3.8) is 0 Å². The van der Waals surface area contributed by atoms with Crippen LogP contribution in [0, 0.1) is 0 Å². The van der Waals surface area contributed by atoms with E-state index in [1.165, 1.54) is 0 Å². The summed E-state index contributed by atoms with van der Waals surface area (Å²) in [6.45, 7) is 3.38. The van der Waals surface area contributed by atoms with Crippen LogP contribution in [0.1, 0.15) is 44.6 Å². The Kier molecular flexibility index (Phi) is 9.19. The lowest BCUT2D eigenvalue weighted by atomic mass is 9.84. The molecule has 0 aliphatic carbocycles. The quantitative estimate of drug-likeness (QED) is 0.167. The fourth-order valence-corrected chi connectivity index (χ4v) is 6.35. The number of H-pyrrole nitrogens is 1. The Bertz CT molecular complexity index is 1750. The van der Waals surface area contributed by atoms with Crippen molar-refractivity contribution in [3.8, 4) is 33.6 Å². The summed E-state index contributed by atoms with van der Waals surface area (Å²) in [6, 6.07) is 34.4. The molecule has 5 aromatic rings. The third kappa shape index (κ3) is 6.40. The second kappa shape index (κ2) is 13.8. The van der Waals surface area contributed by atoms with Gasteiger partial charge in [-0.1, -0.05) is 92.2 Å². The van der Waals surface area contributed by atoms with E-state index in [0.29, 0.717) is 38.2 Å². The number of piperidine rings is 1. The molecule has 1 aliphatic rings. The average Bonchev–Trinajstić information content (AvgIpc) is 3.65. The van der Waals surface area contributed by atoms with Crippen LogP contribution >= 0.6 is 0 Å². The summed E-state index contributed by atoms with van der Waals surface area (Å²) < 4.78 is 0. The molecule has 4 aromatic carbocycles. The molecular formula is C37H38N6O3. The number of hydrogen-bond donors (Lipinski definition) is 2. The van der Waals surface area contributed by atoms with E-state index in [4.69, 9.17) is 0 Å². The number of hydrogen-bond acceptors (Lipinski definition) is 6. The molecule has 2 heterocycles. The number of aromatic amines is 1. The van der Waals surface area contributed by atoms with Crippen LogP contribution in [-0.4, -0.2) is 61.1 Å². The molecule has 0 radical (unpaired) electrons. The summed E-state index contributed by atoms with van der Waals surface area (Å²) in [6.07, 6.45) is 2.62. The number of carbonyl (C=O) groups is 2. The fraction of sp³-hybridized carbons (Fsp3) is 0.270. The van der Waals surface area contributed by atoms with Gasteiger partial charge in [-0.2, -0.15) is 5.21 Å². The van der Waals surface area contributed by atoms with E-state index in [9.17, 15) is 14.7 Å². The SMILES string of the molecule is CCCCC(=O)N(Cc1ccc(-c2cc(-c3ccccc3)ccc2-c2nn[nH]n2)cc1)C1(C(=O)O)CCN(c2ccccc2)CC1. The molecule has 1 aliphatic heterocycles. The summed E-state index contributed by atoms with van der Waals surface area (Å²) in [7, 11) is 0. The van der Waals surface area contributed by atoms with E-state index in [-0.39, 0.29) is 12.5 Å². The Morgan fingerprint density at radius 3 is 2.15 bits per heavy atom. The number of rotatable bonds is 11. The lowest BCUT2D eigenvalue weighted by Crippen LogP contribution is -2.61. The van der Waals surface area contributed by atoms with Crippen LogP contribution in [0.2, 0.25) is 0 Å². The van der Waals surface area contributed by atoms with Gasteiger partial charge in [0.25, 0.3) is 0 Å². The molecule has 0 bridgehead atoms. The van der Waals surface area contributed by atoms with Gasteiger partial charge in [-0.05, 0) is 76.6 Å². The summed E-state index contributed by atoms with van der Waals surface area (Å²) in [5, 5.41) is 25.4. The van der Waals surface area contributed by atoms with Crippen LogP contribution in [0.15, 0.2) is 103 Å². The van der Waals surface area contributed by atoms with Crippen molar-refractivity contribution in [2.24, 2.45) is 0 Å². The monoisotopic (exact) mass is 614 g/mol. The molecule has 9 heteroatoms. The van der Waals surface area contributed by atoms with Crippen LogP contribution < -0.4 is 4.90 Å². The van der Waals surface area contributed by atoms with Crippen LogP contribution in [0.4, 0.5) is 5.69 Å². The minimum atomic E-state index is -1.27. The minimum Gasteiger partial charge on any atom is -0.479 e. The Balaban J connectivity index is 1.30. The maximum atomic E-state index is 13.7. The molecule has 234 valence electrons. The number of para-hydroxylation sites is 1. The van der Waals surface area contributed by atoms with Gasteiger partial charge in [0, 0.05) is 37.3 Å². The van der Waals surface area contributed by atoms with E-state index in [1.54, 1.807) is 4.90 Å². The van der Waals surface area contributed by atoms with Crippen LogP contribution in [0.3, 0.4) is 0 Å². The second-order valence-electron chi connectivity index (χ2n) is 11.8. The fourth-order valence-electron chi connectivity index (χ4n) is 6.35. The minimum absolute atomic E-state index is 0.114. The first-order chi connectivity index (χ1) is 22.5. The molecule has 2 N–H and O–H groups in total. The van der Waals surface area contributed by atoms with Gasteiger partial charge in [0.05, 0.1) is 0 Å². The van der Waals surface area contributed by atoms with Crippen LogP contribution in [0.5, 0.6) is 0 Å². The van der Waals surface area contributed by atoms with Gasteiger partial charge in [0.1, 0.15) is 5.54 Å². The number of unbranched alkanes of at least 4 members (excludes halogenated alkanes) is 1. The molecule has 1 fully saturated rings. The van der Waals surface area contributed by atoms with E-state index >= 15 is 0 Å². The Morgan fingerprint density at radius 1 is 0.848 bits per heavy atom. The first-order valence-corrected chi connectivity index (χ1v) is 15.8. The van der Waals surface area contributed by atoms with Crippen molar-refractivity contribution in [2.75, 3.05) is 18.0 Å². The number of amides is 1. The molecule has 0 spiro atoms. The highest BCUT2D eigenvalue weighted by molar-refractivity contribution is 5.88. The number of aromatic nitrogens is 4. The highest BCUT2D eigenvalue weighted by Gasteiger charge is 2.48. The molecule has 6 rings (SSSR count). The number of nitrogens with one attached hydrogen (secondary N) is 1. The van der Waals surface area contributed by atoms with Gasteiger partial charge >= 0.3 is 5.97 Å². The normalized spacial score (nSPS) is 14.2. The first-order valence-electron chi connectivity index (χ1n) is 15.8. The number of anilines is 1. The van der Waals surface area contributed by atoms with E-state index < -0.39 is 11.5 Å². The van der Waals surface area contributed by atoms with Crippen molar-refractivity contribution >= 4 is 17.6 Å². The Morgan fingerprint density at radius 2 is 1.52 bits per heavy atom. The third-order valence-electron chi connectivity index (χ3n) is 8.99.